The number of ether oxygens (including phenoxy) is 1. The zero-order chi connectivity index (χ0) is 15.5. The molecule has 1 amide bonds. The average Bonchev–Trinajstić information content (AvgIpc) is 2.82. The zero-order valence-electron chi connectivity index (χ0n) is 13.0. The molecule has 3 rings (SSSR count). The molecule has 22 heavy (non-hydrogen) atoms. The van der Waals surface area contributed by atoms with Crippen molar-refractivity contribution in [1.29, 1.82) is 0 Å². The van der Waals surface area contributed by atoms with Gasteiger partial charge in [0.25, 0.3) is 5.91 Å². The molecule has 0 unspecified atom stereocenters. The molecule has 0 saturated carbocycles. The highest BCUT2D eigenvalue weighted by molar-refractivity contribution is 5.98. The third-order valence-corrected chi connectivity index (χ3v) is 4.13. The van der Waals surface area contributed by atoms with Gasteiger partial charge < -0.3 is 9.64 Å². The minimum Gasteiger partial charge on any atom is -0.351 e. The lowest BCUT2D eigenvalue weighted by molar-refractivity contribution is -0.0789. The van der Waals surface area contributed by atoms with E-state index < -0.39 is 0 Å². The minimum atomic E-state index is -0.293. The molecule has 2 aromatic carbocycles. The Morgan fingerprint density at radius 2 is 1.77 bits per heavy atom. The van der Waals surface area contributed by atoms with Crippen molar-refractivity contribution in [2.24, 2.45) is 0 Å². The second kappa shape index (κ2) is 6.32. The predicted octanol–water partition coefficient (Wildman–Crippen LogP) is 4.16. The van der Waals surface area contributed by atoms with Gasteiger partial charge in [-0.15, -0.1) is 0 Å². The molecule has 2 aromatic rings. The molecule has 0 spiro atoms. The normalized spacial score (nSPS) is 18.4. The van der Waals surface area contributed by atoms with Crippen molar-refractivity contribution in [3.05, 3.63) is 71.3 Å². The Hall–Kier alpha value is -2.13. The van der Waals surface area contributed by atoms with Gasteiger partial charge in [-0.05, 0) is 25.0 Å². The first-order chi connectivity index (χ1) is 10.7. The van der Waals surface area contributed by atoms with E-state index in [1.165, 1.54) is 0 Å². The van der Waals surface area contributed by atoms with Crippen molar-refractivity contribution in [2.45, 2.75) is 39.1 Å². The van der Waals surface area contributed by atoms with Crippen molar-refractivity contribution in [1.82, 2.24) is 4.90 Å². The largest absolute Gasteiger partial charge is 0.351 e. The molecular weight excluding hydrogens is 274 g/mol. The zero-order valence-corrected chi connectivity index (χ0v) is 13.0. The Balaban J connectivity index is 1.91. The fraction of sp³-hybridized carbons (Fsp3) is 0.316. The van der Waals surface area contributed by atoms with Crippen LogP contribution >= 0.6 is 0 Å². The van der Waals surface area contributed by atoms with Gasteiger partial charge in [0.1, 0.15) is 0 Å². The number of fused-ring (bicyclic) bond motifs is 1. The van der Waals surface area contributed by atoms with E-state index in [2.05, 4.69) is 6.92 Å². The molecule has 0 bridgehead atoms. The van der Waals surface area contributed by atoms with Gasteiger partial charge in [-0.3, -0.25) is 4.79 Å². The summed E-state index contributed by atoms with van der Waals surface area (Å²) in [5, 5.41) is 0. The van der Waals surface area contributed by atoms with E-state index in [4.69, 9.17) is 4.74 Å². The second-order valence-electron chi connectivity index (χ2n) is 5.71. The van der Waals surface area contributed by atoms with Crippen LogP contribution in [0.5, 0.6) is 0 Å². The van der Waals surface area contributed by atoms with Crippen LogP contribution in [0.3, 0.4) is 0 Å². The molecule has 0 aliphatic carbocycles. The molecule has 2 atom stereocenters. The summed E-state index contributed by atoms with van der Waals surface area (Å²) in [7, 11) is 0. The maximum atomic E-state index is 12.7. The molecule has 0 saturated heterocycles. The standard InChI is InChI=1S/C19H21NO2/c1-3-14(2)22-19-17-12-8-7-11-16(17)18(21)20(19)13-15-9-5-4-6-10-15/h4-12,14,19H,3,13H2,1-2H3/t14-,19+/m0/s1. The van der Waals surface area contributed by atoms with E-state index in [0.29, 0.717) is 6.54 Å². The van der Waals surface area contributed by atoms with Crippen LogP contribution in [-0.4, -0.2) is 16.9 Å². The number of nitrogens with zero attached hydrogens (tertiary/aromatic N) is 1. The third kappa shape index (κ3) is 2.77. The monoisotopic (exact) mass is 295 g/mol. The lowest BCUT2D eigenvalue weighted by atomic mass is 10.1. The van der Waals surface area contributed by atoms with Crippen molar-refractivity contribution in [3.63, 3.8) is 0 Å². The summed E-state index contributed by atoms with van der Waals surface area (Å²) in [6.07, 6.45) is 0.743. The highest BCUT2D eigenvalue weighted by Crippen LogP contribution is 2.36. The van der Waals surface area contributed by atoms with Crippen LogP contribution in [0.15, 0.2) is 54.6 Å². The van der Waals surface area contributed by atoms with E-state index in [-0.39, 0.29) is 18.2 Å². The van der Waals surface area contributed by atoms with E-state index >= 15 is 0 Å². The van der Waals surface area contributed by atoms with Gasteiger partial charge in [-0.25, -0.2) is 0 Å². The first kappa shape index (κ1) is 14.8. The van der Waals surface area contributed by atoms with Gasteiger partial charge in [-0.1, -0.05) is 55.5 Å². The summed E-state index contributed by atoms with van der Waals surface area (Å²) in [6.45, 7) is 4.70. The smallest absolute Gasteiger partial charge is 0.256 e. The molecule has 0 N–H and O–H groups in total. The fourth-order valence-electron chi connectivity index (χ4n) is 2.73. The Labute approximate surface area is 131 Å². The Kier molecular flexibility index (Phi) is 4.25. The molecule has 0 fully saturated rings. The number of carbonyl (C=O) groups excluding carboxylic acids is 1. The van der Waals surface area contributed by atoms with E-state index in [1.54, 1.807) is 0 Å². The average molecular weight is 295 g/mol. The second-order valence-corrected chi connectivity index (χ2v) is 5.71. The molecule has 0 radical (unpaired) electrons. The van der Waals surface area contributed by atoms with Gasteiger partial charge >= 0.3 is 0 Å². The van der Waals surface area contributed by atoms with Crippen molar-refractivity contribution in [3.8, 4) is 0 Å². The van der Waals surface area contributed by atoms with Crippen LogP contribution in [0, 0.1) is 0 Å². The lowest BCUT2D eigenvalue weighted by Gasteiger charge is -2.28. The van der Waals surface area contributed by atoms with Gasteiger partial charge in [0.2, 0.25) is 0 Å². The molecule has 3 heteroatoms. The maximum absolute atomic E-state index is 12.7. The molecule has 0 aromatic heterocycles. The van der Waals surface area contributed by atoms with Crippen molar-refractivity contribution < 1.29 is 9.53 Å². The molecule has 114 valence electrons. The van der Waals surface area contributed by atoms with Crippen LogP contribution in [-0.2, 0) is 11.3 Å². The SMILES string of the molecule is CC[C@H](C)O[C@@H]1c2ccccc2C(=O)N1Cc1ccccc1. The number of carbonyl (C=O) groups is 1. The fourth-order valence-corrected chi connectivity index (χ4v) is 2.73. The lowest BCUT2D eigenvalue weighted by Crippen LogP contribution is -2.31. The summed E-state index contributed by atoms with van der Waals surface area (Å²) in [5.41, 5.74) is 2.84. The van der Waals surface area contributed by atoms with Gasteiger partial charge in [-0.2, -0.15) is 0 Å². The molecule has 1 aliphatic rings. The summed E-state index contributed by atoms with van der Waals surface area (Å²) in [5.74, 6) is 0.0488. The predicted molar refractivity (Wildman–Crippen MR) is 86.3 cm³/mol. The summed E-state index contributed by atoms with van der Waals surface area (Å²) < 4.78 is 6.15. The quantitative estimate of drug-likeness (QED) is 0.829. The van der Waals surface area contributed by atoms with Crippen LogP contribution in [0.25, 0.3) is 0 Å². The highest BCUT2D eigenvalue weighted by atomic mass is 16.5. The van der Waals surface area contributed by atoms with Crippen molar-refractivity contribution in [2.75, 3.05) is 0 Å². The number of hydrogen-bond donors (Lipinski definition) is 0. The van der Waals surface area contributed by atoms with Gasteiger partial charge in [0.15, 0.2) is 6.23 Å². The molecule has 1 heterocycles. The van der Waals surface area contributed by atoms with Gasteiger partial charge in [0.05, 0.1) is 6.10 Å². The number of rotatable bonds is 5. The van der Waals surface area contributed by atoms with Crippen molar-refractivity contribution >= 4 is 5.91 Å². The van der Waals surface area contributed by atoms with E-state index in [0.717, 1.165) is 23.1 Å². The van der Waals surface area contributed by atoms with E-state index in [9.17, 15) is 4.79 Å². The van der Waals surface area contributed by atoms with Crippen LogP contribution in [0.4, 0.5) is 0 Å². The summed E-state index contributed by atoms with van der Waals surface area (Å²) in [4.78, 5) is 14.6. The maximum Gasteiger partial charge on any atom is 0.256 e. The number of hydrogen-bond acceptors (Lipinski definition) is 2. The molecule has 3 nitrogen and oxygen atoms in total. The van der Waals surface area contributed by atoms with E-state index in [1.807, 2.05) is 66.4 Å². The Bertz CT molecular complexity index is 653. The molecule has 1 aliphatic heterocycles. The number of amides is 1. The van der Waals surface area contributed by atoms with Crippen LogP contribution < -0.4 is 0 Å². The number of benzene rings is 2. The Morgan fingerprint density at radius 3 is 2.50 bits per heavy atom. The minimum absolute atomic E-state index is 0.0488. The Morgan fingerprint density at radius 1 is 1.09 bits per heavy atom. The third-order valence-electron chi connectivity index (χ3n) is 4.13. The van der Waals surface area contributed by atoms with Crippen LogP contribution in [0.1, 0.15) is 48.0 Å². The molecular formula is C19H21NO2. The first-order valence-electron chi connectivity index (χ1n) is 7.80. The first-order valence-corrected chi connectivity index (χ1v) is 7.80. The summed E-state index contributed by atoms with van der Waals surface area (Å²) in [6, 6.07) is 17.8. The highest BCUT2D eigenvalue weighted by Gasteiger charge is 2.37. The topological polar surface area (TPSA) is 29.5 Å². The summed E-state index contributed by atoms with van der Waals surface area (Å²) >= 11 is 0. The van der Waals surface area contributed by atoms with Gasteiger partial charge in [0, 0.05) is 17.7 Å². The van der Waals surface area contributed by atoms with Crippen LogP contribution in [0.2, 0.25) is 0 Å².